The molecule has 0 aliphatic heterocycles. The van der Waals surface area contributed by atoms with Gasteiger partial charge in [-0.2, -0.15) is 5.10 Å². The number of aryl methyl sites for hydroxylation is 2. The quantitative estimate of drug-likeness (QED) is 0.808. The first-order valence-corrected chi connectivity index (χ1v) is 6.59. The number of rotatable bonds is 6. The van der Waals surface area contributed by atoms with Gasteiger partial charge in [0.1, 0.15) is 5.69 Å². The Bertz CT molecular complexity index is 659. The highest BCUT2D eigenvalue weighted by molar-refractivity contribution is 5.92. The van der Waals surface area contributed by atoms with E-state index in [0.29, 0.717) is 25.3 Å². The number of carboxylic acid groups (broad SMARTS) is 1. The monoisotopic (exact) mass is 291 g/mol. The summed E-state index contributed by atoms with van der Waals surface area (Å²) < 4.78 is 3.26. The Morgan fingerprint density at radius 1 is 1.43 bits per heavy atom. The van der Waals surface area contributed by atoms with Crippen molar-refractivity contribution in [2.24, 2.45) is 0 Å². The molecular weight excluding hydrogens is 274 g/mol. The Labute approximate surface area is 121 Å². The molecule has 0 aromatic carbocycles. The Balaban J connectivity index is 1.90. The molecule has 0 bridgehead atoms. The Kier molecular flexibility index (Phi) is 4.36. The van der Waals surface area contributed by atoms with Gasteiger partial charge in [-0.25, -0.2) is 9.78 Å². The lowest BCUT2D eigenvalue weighted by atomic mass is 10.3. The van der Waals surface area contributed by atoms with Crippen molar-refractivity contribution in [2.45, 2.75) is 26.9 Å². The van der Waals surface area contributed by atoms with E-state index in [0.717, 1.165) is 5.69 Å². The molecule has 0 unspecified atom stereocenters. The van der Waals surface area contributed by atoms with Gasteiger partial charge >= 0.3 is 5.97 Å². The lowest BCUT2D eigenvalue weighted by Crippen LogP contribution is -2.29. The average molecular weight is 291 g/mol. The van der Waals surface area contributed by atoms with Crippen molar-refractivity contribution in [1.82, 2.24) is 24.6 Å². The van der Waals surface area contributed by atoms with E-state index in [2.05, 4.69) is 15.4 Å². The standard InChI is InChI=1S/C13H17N5O3/c1-3-18-11(6-9(2)16-18)12(19)14-4-5-17-7-10(13(20)21)15-8-17/h6-8H,3-5H2,1-2H3,(H,14,19)(H,20,21). The molecule has 0 aliphatic rings. The maximum atomic E-state index is 12.1. The van der Waals surface area contributed by atoms with Crippen LogP contribution >= 0.6 is 0 Å². The van der Waals surface area contributed by atoms with Gasteiger partial charge in [0.15, 0.2) is 5.69 Å². The van der Waals surface area contributed by atoms with Crippen LogP contribution < -0.4 is 5.32 Å². The number of hydrogen-bond acceptors (Lipinski definition) is 4. The molecule has 0 aliphatic carbocycles. The van der Waals surface area contributed by atoms with E-state index in [1.165, 1.54) is 12.5 Å². The van der Waals surface area contributed by atoms with Gasteiger partial charge in [0.25, 0.3) is 5.91 Å². The molecule has 0 fully saturated rings. The second-order valence-corrected chi connectivity index (χ2v) is 4.54. The number of nitrogens with zero attached hydrogens (tertiary/aromatic N) is 4. The zero-order chi connectivity index (χ0) is 15.4. The molecule has 8 heteroatoms. The largest absolute Gasteiger partial charge is 0.476 e. The summed E-state index contributed by atoms with van der Waals surface area (Å²) in [6.07, 6.45) is 2.85. The first kappa shape index (κ1) is 14.8. The number of hydrogen-bond donors (Lipinski definition) is 2. The van der Waals surface area contributed by atoms with E-state index in [1.807, 2.05) is 13.8 Å². The highest BCUT2D eigenvalue weighted by atomic mass is 16.4. The number of carboxylic acids is 1. The fourth-order valence-electron chi connectivity index (χ4n) is 1.95. The molecule has 0 radical (unpaired) electrons. The van der Waals surface area contributed by atoms with Crippen LogP contribution in [0.25, 0.3) is 0 Å². The highest BCUT2D eigenvalue weighted by Crippen LogP contribution is 2.03. The van der Waals surface area contributed by atoms with Crippen LogP contribution in [-0.4, -0.2) is 42.9 Å². The lowest BCUT2D eigenvalue weighted by molar-refractivity contribution is 0.0690. The van der Waals surface area contributed by atoms with Crippen LogP contribution in [-0.2, 0) is 13.1 Å². The van der Waals surface area contributed by atoms with Crippen LogP contribution in [0, 0.1) is 6.92 Å². The van der Waals surface area contributed by atoms with Gasteiger partial charge in [0.2, 0.25) is 0 Å². The molecule has 0 saturated heterocycles. The molecule has 0 atom stereocenters. The summed E-state index contributed by atoms with van der Waals surface area (Å²) in [6.45, 7) is 5.21. The van der Waals surface area contributed by atoms with Crippen molar-refractivity contribution in [1.29, 1.82) is 0 Å². The van der Waals surface area contributed by atoms with E-state index in [1.54, 1.807) is 15.3 Å². The molecule has 2 N–H and O–H groups in total. The molecule has 21 heavy (non-hydrogen) atoms. The zero-order valence-electron chi connectivity index (χ0n) is 11.9. The van der Waals surface area contributed by atoms with Gasteiger partial charge in [0.05, 0.1) is 12.0 Å². The molecule has 2 aromatic heterocycles. The number of carbonyl (C=O) groups is 2. The van der Waals surface area contributed by atoms with Crippen molar-refractivity contribution in [3.63, 3.8) is 0 Å². The fraction of sp³-hybridized carbons (Fsp3) is 0.385. The minimum Gasteiger partial charge on any atom is -0.476 e. The third kappa shape index (κ3) is 3.47. The Morgan fingerprint density at radius 3 is 2.81 bits per heavy atom. The summed E-state index contributed by atoms with van der Waals surface area (Å²) >= 11 is 0. The molecule has 0 saturated carbocycles. The molecule has 112 valence electrons. The number of imidazole rings is 1. The Morgan fingerprint density at radius 2 is 2.19 bits per heavy atom. The van der Waals surface area contributed by atoms with Gasteiger partial charge < -0.3 is 15.0 Å². The Hall–Kier alpha value is -2.64. The molecule has 1 amide bonds. The smallest absolute Gasteiger partial charge is 0.356 e. The molecular formula is C13H17N5O3. The summed E-state index contributed by atoms with van der Waals surface area (Å²) in [5.74, 6) is -1.27. The molecule has 0 spiro atoms. The summed E-state index contributed by atoms with van der Waals surface area (Å²) in [4.78, 5) is 26.5. The van der Waals surface area contributed by atoms with Crippen molar-refractivity contribution in [3.8, 4) is 0 Å². The third-order valence-corrected chi connectivity index (χ3v) is 2.94. The average Bonchev–Trinajstić information content (AvgIpc) is 3.05. The van der Waals surface area contributed by atoms with Gasteiger partial charge in [-0.3, -0.25) is 9.48 Å². The van der Waals surface area contributed by atoms with Crippen molar-refractivity contribution < 1.29 is 14.7 Å². The molecule has 8 nitrogen and oxygen atoms in total. The van der Waals surface area contributed by atoms with E-state index < -0.39 is 5.97 Å². The first-order valence-electron chi connectivity index (χ1n) is 6.59. The van der Waals surface area contributed by atoms with Crippen LogP contribution in [0.15, 0.2) is 18.6 Å². The SMILES string of the molecule is CCn1nc(C)cc1C(=O)NCCn1cnc(C(=O)O)c1. The summed E-state index contributed by atoms with van der Waals surface area (Å²) in [5.41, 5.74) is 1.30. The summed E-state index contributed by atoms with van der Waals surface area (Å²) in [5, 5.41) is 15.8. The van der Waals surface area contributed by atoms with E-state index in [4.69, 9.17) is 5.11 Å². The van der Waals surface area contributed by atoms with Gasteiger partial charge in [-0.15, -0.1) is 0 Å². The molecule has 2 aromatic rings. The summed E-state index contributed by atoms with van der Waals surface area (Å²) in [6, 6.07) is 1.73. The molecule has 2 heterocycles. The zero-order valence-corrected chi connectivity index (χ0v) is 11.9. The number of carbonyl (C=O) groups excluding carboxylic acids is 1. The van der Waals surface area contributed by atoms with Gasteiger partial charge in [0, 0.05) is 25.8 Å². The normalized spacial score (nSPS) is 10.6. The number of aromatic carboxylic acids is 1. The molecule has 2 rings (SSSR count). The highest BCUT2D eigenvalue weighted by Gasteiger charge is 2.12. The maximum absolute atomic E-state index is 12.1. The van der Waals surface area contributed by atoms with E-state index >= 15 is 0 Å². The fourth-order valence-corrected chi connectivity index (χ4v) is 1.95. The lowest BCUT2D eigenvalue weighted by Gasteiger charge is -2.07. The van der Waals surface area contributed by atoms with E-state index in [9.17, 15) is 9.59 Å². The van der Waals surface area contributed by atoms with Crippen molar-refractivity contribution in [3.05, 3.63) is 35.7 Å². The second-order valence-electron chi connectivity index (χ2n) is 4.54. The van der Waals surface area contributed by atoms with Crippen LogP contribution in [0.2, 0.25) is 0 Å². The van der Waals surface area contributed by atoms with E-state index in [-0.39, 0.29) is 11.6 Å². The minimum absolute atomic E-state index is 0.0130. The van der Waals surface area contributed by atoms with Crippen LogP contribution in [0.5, 0.6) is 0 Å². The summed E-state index contributed by atoms with van der Waals surface area (Å²) in [7, 11) is 0. The van der Waals surface area contributed by atoms with Crippen molar-refractivity contribution >= 4 is 11.9 Å². The van der Waals surface area contributed by atoms with Gasteiger partial charge in [-0.05, 0) is 19.9 Å². The predicted octanol–water partition coefficient (Wildman–Crippen LogP) is 0.536. The number of amides is 1. The predicted molar refractivity (Wildman–Crippen MR) is 74.2 cm³/mol. The van der Waals surface area contributed by atoms with Crippen LogP contribution in [0.1, 0.15) is 33.6 Å². The van der Waals surface area contributed by atoms with Crippen molar-refractivity contribution in [2.75, 3.05) is 6.54 Å². The second kappa shape index (κ2) is 6.21. The number of aromatic nitrogens is 4. The third-order valence-electron chi connectivity index (χ3n) is 2.94. The van der Waals surface area contributed by atoms with Gasteiger partial charge in [-0.1, -0.05) is 0 Å². The maximum Gasteiger partial charge on any atom is 0.356 e. The van der Waals surface area contributed by atoms with Crippen LogP contribution in [0.4, 0.5) is 0 Å². The minimum atomic E-state index is -1.07. The topological polar surface area (TPSA) is 102 Å². The number of nitrogens with one attached hydrogen (secondary N) is 1. The first-order chi connectivity index (χ1) is 10.0. The van der Waals surface area contributed by atoms with Crippen LogP contribution in [0.3, 0.4) is 0 Å².